The second kappa shape index (κ2) is 9.36. The van der Waals surface area contributed by atoms with Crippen molar-refractivity contribution in [1.29, 1.82) is 0 Å². The van der Waals surface area contributed by atoms with E-state index in [2.05, 4.69) is 45.1 Å². The number of halogens is 1. The first-order chi connectivity index (χ1) is 17.2. The van der Waals surface area contributed by atoms with Crippen LogP contribution in [0.5, 0.6) is 0 Å². The van der Waals surface area contributed by atoms with Crippen molar-refractivity contribution in [1.82, 2.24) is 14.8 Å². The maximum absolute atomic E-state index is 13.5. The van der Waals surface area contributed by atoms with Crippen molar-refractivity contribution in [2.24, 2.45) is 0 Å². The summed E-state index contributed by atoms with van der Waals surface area (Å²) >= 11 is 6.15. The summed E-state index contributed by atoms with van der Waals surface area (Å²) in [5.74, 6) is 1.05. The Morgan fingerprint density at radius 3 is 2.83 bits per heavy atom. The maximum Gasteiger partial charge on any atom is 0.237 e. The van der Waals surface area contributed by atoms with Gasteiger partial charge in [0.2, 0.25) is 5.91 Å². The van der Waals surface area contributed by atoms with Crippen molar-refractivity contribution >= 4 is 34.1 Å². The molecular weight excluding hydrogens is 460 g/mol. The van der Waals surface area contributed by atoms with Gasteiger partial charge in [-0.2, -0.15) is 0 Å². The van der Waals surface area contributed by atoms with E-state index in [0.717, 1.165) is 60.4 Å². The molecule has 2 aromatic rings. The second-order valence-corrected chi connectivity index (χ2v) is 9.65. The van der Waals surface area contributed by atoms with E-state index in [0.29, 0.717) is 18.1 Å². The lowest BCUT2D eigenvalue weighted by atomic mass is 9.99. The Morgan fingerprint density at radius 1 is 1.06 bits per heavy atom. The zero-order valence-corrected chi connectivity index (χ0v) is 20.2. The highest BCUT2D eigenvalue weighted by atomic mass is 35.5. The topological polar surface area (TPSA) is 52.8 Å². The van der Waals surface area contributed by atoms with E-state index >= 15 is 0 Å². The molecule has 178 valence electrons. The highest BCUT2D eigenvalue weighted by Crippen LogP contribution is 2.38. The Labute approximate surface area is 209 Å². The zero-order valence-electron chi connectivity index (χ0n) is 19.4. The SMILES string of the molecule is O=C(CN1CCN(c2ccnc3cc(Cl)ccc23)CC1)N1CC=CCC1c1ccc2cccoc1-2. The van der Waals surface area contributed by atoms with Crippen LogP contribution in [0.1, 0.15) is 18.0 Å². The van der Waals surface area contributed by atoms with Crippen LogP contribution in [0.3, 0.4) is 0 Å². The third-order valence-corrected chi connectivity index (χ3v) is 7.38. The fraction of sp³-hybridized carbons (Fsp3) is 0.286. The molecule has 0 radical (unpaired) electrons. The van der Waals surface area contributed by atoms with Gasteiger partial charge in [0.25, 0.3) is 0 Å². The third-order valence-electron chi connectivity index (χ3n) is 7.14. The number of carbonyl (C=O) groups excluding carboxylic acids is 1. The molecule has 4 aliphatic rings. The van der Waals surface area contributed by atoms with Crippen LogP contribution in [-0.4, -0.2) is 60.0 Å². The van der Waals surface area contributed by atoms with E-state index in [1.54, 1.807) is 6.26 Å². The first-order valence-electron chi connectivity index (χ1n) is 12.1. The lowest BCUT2D eigenvalue weighted by molar-refractivity contribution is -0.134. The molecule has 1 aromatic carbocycles. The van der Waals surface area contributed by atoms with Crippen LogP contribution in [-0.2, 0) is 4.79 Å². The summed E-state index contributed by atoms with van der Waals surface area (Å²) in [7, 11) is 0. The largest absolute Gasteiger partial charge is 0.464 e. The average molecular weight is 487 g/mol. The lowest BCUT2D eigenvalue weighted by Gasteiger charge is -2.38. The van der Waals surface area contributed by atoms with Gasteiger partial charge in [-0.25, -0.2) is 0 Å². The first kappa shape index (κ1) is 22.1. The molecule has 6 rings (SSSR count). The second-order valence-electron chi connectivity index (χ2n) is 9.21. The van der Waals surface area contributed by atoms with E-state index in [9.17, 15) is 4.79 Å². The quantitative estimate of drug-likeness (QED) is 0.369. The first-order valence-corrected chi connectivity index (χ1v) is 12.5. The Kier molecular flexibility index (Phi) is 5.92. The monoisotopic (exact) mass is 486 g/mol. The molecule has 0 bridgehead atoms. The molecule has 4 heterocycles. The Hall–Kier alpha value is -3.35. The van der Waals surface area contributed by atoms with E-state index in [1.165, 1.54) is 5.69 Å². The Bertz CT molecular complexity index is 1360. The Balaban J connectivity index is 1.13. The lowest BCUT2D eigenvalue weighted by Crippen LogP contribution is -2.51. The molecule has 35 heavy (non-hydrogen) atoms. The zero-order chi connectivity index (χ0) is 23.8. The summed E-state index contributed by atoms with van der Waals surface area (Å²) in [5, 5.41) is 1.80. The molecule has 3 aliphatic heterocycles. The fourth-order valence-corrected chi connectivity index (χ4v) is 5.49. The smallest absolute Gasteiger partial charge is 0.237 e. The van der Waals surface area contributed by atoms with E-state index in [-0.39, 0.29) is 11.9 Å². The van der Waals surface area contributed by atoms with Crippen molar-refractivity contribution in [3.63, 3.8) is 0 Å². The fourth-order valence-electron chi connectivity index (χ4n) is 5.33. The van der Waals surface area contributed by atoms with Crippen molar-refractivity contribution in [2.45, 2.75) is 12.5 Å². The van der Waals surface area contributed by atoms with Gasteiger partial charge >= 0.3 is 0 Å². The van der Waals surface area contributed by atoms with Gasteiger partial charge in [0, 0.05) is 66.1 Å². The van der Waals surface area contributed by atoms with Crippen LogP contribution in [0.4, 0.5) is 5.69 Å². The van der Waals surface area contributed by atoms with Gasteiger partial charge in [0.1, 0.15) is 5.76 Å². The molecule has 7 heteroatoms. The number of hydrogen-bond donors (Lipinski definition) is 0. The number of rotatable bonds is 4. The van der Waals surface area contributed by atoms with Gasteiger partial charge < -0.3 is 14.2 Å². The molecule has 1 saturated heterocycles. The molecule has 1 amide bonds. The van der Waals surface area contributed by atoms with Crippen molar-refractivity contribution in [2.75, 3.05) is 44.2 Å². The average Bonchev–Trinajstić information content (AvgIpc) is 3.33. The number of aromatic nitrogens is 1. The normalized spacial score (nSPS) is 19.1. The number of carbonyl (C=O) groups is 1. The van der Waals surface area contributed by atoms with Gasteiger partial charge in [0.15, 0.2) is 0 Å². The summed E-state index contributed by atoms with van der Waals surface area (Å²) in [4.78, 5) is 24.6. The van der Waals surface area contributed by atoms with Crippen LogP contribution < -0.4 is 4.90 Å². The molecule has 0 N–H and O–H groups in total. The van der Waals surface area contributed by atoms with Crippen LogP contribution in [0.25, 0.3) is 22.2 Å². The summed E-state index contributed by atoms with van der Waals surface area (Å²) in [5.41, 5.74) is 4.24. The van der Waals surface area contributed by atoms with E-state index < -0.39 is 0 Å². The van der Waals surface area contributed by atoms with Crippen LogP contribution >= 0.6 is 11.6 Å². The number of fused-ring (bicyclic) bond motifs is 2. The van der Waals surface area contributed by atoms with Crippen LogP contribution in [0, 0.1) is 0 Å². The maximum atomic E-state index is 13.5. The van der Waals surface area contributed by atoms with Gasteiger partial charge in [0.05, 0.1) is 24.4 Å². The van der Waals surface area contributed by atoms with Crippen molar-refractivity contribution in [3.05, 3.63) is 83.7 Å². The molecule has 1 unspecified atom stereocenters. The third kappa shape index (κ3) is 4.28. The number of nitrogens with zero attached hydrogens (tertiary/aromatic N) is 4. The number of pyridine rings is 1. The minimum absolute atomic E-state index is 0.00689. The van der Waals surface area contributed by atoms with Gasteiger partial charge in [-0.3, -0.25) is 14.7 Å². The number of hydrogen-bond acceptors (Lipinski definition) is 5. The minimum Gasteiger partial charge on any atom is -0.464 e. The highest BCUT2D eigenvalue weighted by molar-refractivity contribution is 6.31. The van der Waals surface area contributed by atoms with Gasteiger partial charge in [-0.05, 0) is 42.8 Å². The van der Waals surface area contributed by atoms with Crippen LogP contribution in [0.15, 0.2) is 77.6 Å². The predicted molar refractivity (Wildman–Crippen MR) is 139 cm³/mol. The Morgan fingerprint density at radius 2 is 1.94 bits per heavy atom. The van der Waals surface area contributed by atoms with Crippen molar-refractivity contribution < 1.29 is 9.21 Å². The summed E-state index contributed by atoms with van der Waals surface area (Å²) < 4.78 is 5.82. The number of anilines is 1. The molecular formula is C28H27ClN4O2. The van der Waals surface area contributed by atoms with Gasteiger partial charge in [-0.1, -0.05) is 35.9 Å². The summed E-state index contributed by atoms with van der Waals surface area (Å²) in [6.45, 7) is 4.48. The standard InChI is InChI=1S/C28H27ClN4O2/c29-21-7-9-22-24(18-21)30-11-10-25(22)32-15-13-31(14-16-32)19-27(34)33-12-2-1-5-26(33)23-8-6-20-4-3-17-35-28(20)23/h1-4,6-11,17-18,26H,5,12-16,19H2. The number of piperazine rings is 1. The van der Waals surface area contributed by atoms with Gasteiger partial charge in [-0.15, -0.1) is 0 Å². The van der Waals surface area contributed by atoms with Crippen LogP contribution in [0.2, 0.25) is 5.02 Å². The predicted octanol–water partition coefficient (Wildman–Crippen LogP) is 5.24. The molecule has 0 saturated carbocycles. The highest BCUT2D eigenvalue weighted by Gasteiger charge is 2.31. The van der Waals surface area contributed by atoms with E-state index in [1.807, 2.05) is 41.4 Å². The molecule has 6 nitrogen and oxygen atoms in total. The van der Waals surface area contributed by atoms with E-state index in [4.69, 9.17) is 16.0 Å². The van der Waals surface area contributed by atoms with Crippen molar-refractivity contribution in [3.8, 4) is 11.3 Å². The molecule has 1 aliphatic carbocycles. The number of benzene rings is 1. The minimum atomic E-state index is 0.00689. The molecule has 1 atom stereocenters. The molecule has 1 fully saturated rings. The summed E-state index contributed by atoms with van der Waals surface area (Å²) in [6, 6.07) is 16.1. The summed E-state index contributed by atoms with van der Waals surface area (Å²) in [6.07, 6.45) is 8.61. The molecule has 1 aromatic heterocycles. The number of amides is 1. The molecule has 0 spiro atoms.